The number of hydrogen-bond acceptors (Lipinski definition) is 4. The van der Waals surface area contributed by atoms with Crippen molar-refractivity contribution < 1.29 is 9.90 Å². The lowest BCUT2D eigenvalue weighted by molar-refractivity contribution is 0.194. The maximum Gasteiger partial charge on any atom is 0.404 e. The molecule has 2 aromatic rings. The summed E-state index contributed by atoms with van der Waals surface area (Å²) in [5.74, 6) is 0. The molecule has 1 amide bonds. The number of fused-ring (bicyclic) bond motifs is 1. The Kier molecular flexibility index (Phi) is 4.47. The van der Waals surface area contributed by atoms with E-state index in [2.05, 4.69) is 28.6 Å². The van der Waals surface area contributed by atoms with E-state index in [1.165, 1.54) is 12.8 Å². The van der Waals surface area contributed by atoms with E-state index in [9.17, 15) is 4.79 Å². The molecule has 0 aromatic carbocycles. The van der Waals surface area contributed by atoms with Gasteiger partial charge < -0.3 is 15.7 Å². The van der Waals surface area contributed by atoms with Gasteiger partial charge in [-0.3, -0.25) is 0 Å². The van der Waals surface area contributed by atoms with Crippen LogP contribution >= 0.6 is 0 Å². The summed E-state index contributed by atoms with van der Waals surface area (Å²) in [6.07, 6.45) is 2.16. The number of aromatic nitrogens is 3. The standard InChI is InChI=1S/C16H23N5O2/c1-10-4-7-13-14(11(2)19-12-5-6-12)20-21(15(13)18-10)9-3-8-17-16(22)23/h4,7,11-12,17,19H,3,5-6,8-9H2,1-2H3,(H,22,23)/t11-/m1/s1. The zero-order valence-corrected chi connectivity index (χ0v) is 13.5. The zero-order valence-electron chi connectivity index (χ0n) is 13.5. The van der Waals surface area contributed by atoms with Gasteiger partial charge in [0.2, 0.25) is 0 Å². The van der Waals surface area contributed by atoms with Gasteiger partial charge in [-0.2, -0.15) is 5.10 Å². The smallest absolute Gasteiger partial charge is 0.404 e. The van der Waals surface area contributed by atoms with E-state index in [1.54, 1.807) is 0 Å². The summed E-state index contributed by atoms with van der Waals surface area (Å²) in [4.78, 5) is 15.1. The number of nitrogens with one attached hydrogen (secondary N) is 2. The molecule has 0 bridgehead atoms. The van der Waals surface area contributed by atoms with E-state index in [0.717, 1.165) is 22.4 Å². The van der Waals surface area contributed by atoms with Crippen molar-refractivity contribution in [2.75, 3.05) is 6.54 Å². The highest BCUT2D eigenvalue weighted by Gasteiger charge is 2.26. The predicted molar refractivity (Wildman–Crippen MR) is 87.5 cm³/mol. The van der Waals surface area contributed by atoms with Crippen LogP contribution in [0.15, 0.2) is 12.1 Å². The minimum absolute atomic E-state index is 0.188. The van der Waals surface area contributed by atoms with Crippen molar-refractivity contribution in [2.45, 2.75) is 51.7 Å². The molecule has 3 N–H and O–H groups in total. The van der Waals surface area contributed by atoms with Crippen molar-refractivity contribution in [1.29, 1.82) is 0 Å². The first-order valence-corrected chi connectivity index (χ1v) is 8.11. The minimum Gasteiger partial charge on any atom is -0.465 e. The molecule has 3 rings (SSSR count). The fraction of sp³-hybridized carbons (Fsp3) is 0.562. The lowest BCUT2D eigenvalue weighted by atomic mass is 10.1. The molecule has 7 nitrogen and oxygen atoms in total. The average molecular weight is 317 g/mol. The Bertz CT molecular complexity index is 708. The Morgan fingerprint density at radius 2 is 2.26 bits per heavy atom. The van der Waals surface area contributed by atoms with Crippen LogP contribution in [0.4, 0.5) is 4.79 Å². The minimum atomic E-state index is -0.993. The maximum atomic E-state index is 10.5. The van der Waals surface area contributed by atoms with Gasteiger partial charge in [0.15, 0.2) is 5.65 Å². The molecule has 1 aliphatic rings. The molecule has 0 spiro atoms. The SMILES string of the molecule is Cc1ccc2c([C@@H](C)NC3CC3)nn(CCCNC(=O)O)c2n1. The van der Waals surface area contributed by atoms with Gasteiger partial charge in [-0.1, -0.05) is 0 Å². The average Bonchev–Trinajstić information content (AvgIpc) is 3.24. The van der Waals surface area contributed by atoms with Gasteiger partial charge in [0, 0.05) is 36.3 Å². The quantitative estimate of drug-likeness (QED) is 0.681. The Morgan fingerprint density at radius 1 is 1.48 bits per heavy atom. The third-order valence-electron chi connectivity index (χ3n) is 4.06. The van der Waals surface area contributed by atoms with E-state index >= 15 is 0 Å². The van der Waals surface area contributed by atoms with Gasteiger partial charge in [-0.25, -0.2) is 14.5 Å². The Labute approximate surface area is 135 Å². The number of rotatable bonds is 7. The van der Waals surface area contributed by atoms with Crippen molar-refractivity contribution in [3.8, 4) is 0 Å². The zero-order chi connectivity index (χ0) is 16.4. The number of aryl methyl sites for hydroxylation is 2. The van der Waals surface area contributed by atoms with Gasteiger partial charge >= 0.3 is 6.09 Å². The number of pyridine rings is 1. The molecule has 0 radical (unpaired) electrons. The highest BCUT2D eigenvalue weighted by Crippen LogP contribution is 2.27. The molecule has 0 saturated heterocycles. The predicted octanol–water partition coefficient (Wildman–Crippen LogP) is 2.21. The third-order valence-corrected chi connectivity index (χ3v) is 4.06. The fourth-order valence-electron chi connectivity index (χ4n) is 2.75. The van der Waals surface area contributed by atoms with Crippen molar-refractivity contribution in [3.63, 3.8) is 0 Å². The van der Waals surface area contributed by atoms with Crippen LogP contribution in [0.3, 0.4) is 0 Å². The molecule has 7 heteroatoms. The molecule has 23 heavy (non-hydrogen) atoms. The topological polar surface area (TPSA) is 92.1 Å². The van der Waals surface area contributed by atoms with E-state index < -0.39 is 6.09 Å². The van der Waals surface area contributed by atoms with Gasteiger partial charge in [0.25, 0.3) is 0 Å². The second kappa shape index (κ2) is 6.54. The number of nitrogens with zero attached hydrogens (tertiary/aromatic N) is 3. The summed E-state index contributed by atoms with van der Waals surface area (Å²) >= 11 is 0. The van der Waals surface area contributed by atoms with Gasteiger partial charge in [0.05, 0.1) is 5.69 Å². The molecule has 1 atom stereocenters. The lowest BCUT2D eigenvalue weighted by Gasteiger charge is -2.10. The van der Waals surface area contributed by atoms with Crippen LogP contribution in [0.25, 0.3) is 11.0 Å². The summed E-state index contributed by atoms with van der Waals surface area (Å²) in [6, 6.07) is 4.89. The Balaban J connectivity index is 1.81. The van der Waals surface area contributed by atoms with E-state index in [0.29, 0.717) is 25.6 Å². The number of carbonyl (C=O) groups is 1. The van der Waals surface area contributed by atoms with Crippen LogP contribution in [0.5, 0.6) is 0 Å². The first-order valence-electron chi connectivity index (χ1n) is 8.11. The molecule has 1 aliphatic carbocycles. The lowest BCUT2D eigenvalue weighted by Crippen LogP contribution is -2.23. The van der Waals surface area contributed by atoms with E-state index in [4.69, 9.17) is 10.2 Å². The van der Waals surface area contributed by atoms with Crippen molar-refractivity contribution >= 4 is 17.1 Å². The first-order chi connectivity index (χ1) is 11.0. The molecule has 2 heterocycles. The van der Waals surface area contributed by atoms with Crippen LogP contribution < -0.4 is 10.6 Å². The van der Waals surface area contributed by atoms with Gasteiger partial charge in [-0.15, -0.1) is 0 Å². The molecular weight excluding hydrogens is 294 g/mol. The van der Waals surface area contributed by atoms with E-state index in [-0.39, 0.29) is 6.04 Å². The largest absolute Gasteiger partial charge is 0.465 e. The summed E-state index contributed by atoms with van der Waals surface area (Å²) < 4.78 is 1.90. The van der Waals surface area contributed by atoms with Crippen LogP contribution in [0.1, 0.15) is 43.6 Å². The Morgan fingerprint density at radius 3 is 2.96 bits per heavy atom. The van der Waals surface area contributed by atoms with Crippen molar-refractivity contribution in [1.82, 2.24) is 25.4 Å². The van der Waals surface area contributed by atoms with Crippen LogP contribution in [-0.2, 0) is 6.54 Å². The van der Waals surface area contributed by atoms with E-state index in [1.807, 2.05) is 17.7 Å². The second-order valence-corrected chi connectivity index (χ2v) is 6.18. The highest BCUT2D eigenvalue weighted by molar-refractivity contribution is 5.79. The second-order valence-electron chi connectivity index (χ2n) is 6.18. The van der Waals surface area contributed by atoms with Crippen molar-refractivity contribution in [3.05, 3.63) is 23.5 Å². The number of carboxylic acid groups (broad SMARTS) is 1. The number of hydrogen-bond donors (Lipinski definition) is 3. The van der Waals surface area contributed by atoms with Gasteiger partial charge in [0.1, 0.15) is 0 Å². The highest BCUT2D eigenvalue weighted by atomic mass is 16.4. The fourth-order valence-corrected chi connectivity index (χ4v) is 2.75. The molecule has 1 saturated carbocycles. The molecule has 1 fully saturated rings. The van der Waals surface area contributed by atoms with Crippen LogP contribution in [0, 0.1) is 6.92 Å². The van der Waals surface area contributed by atoms with Crippen LogP contribution in [0.2, 0.25) is 0 Å². The molecule has 2 aromatic heterocycles. The molecule has 124 valence electrons. The van der Waals surface area contributed by atoms with Crippen LogP contribution in [-0.4, -0.2) is 38.6 Å². The normalized spacial score (nSPS) is 15.7. The Hall–Kier alpha value is -2.15. The number of amides is 1. The summed E-state index contributed by atoms with van der Waals surface area (Å²) in [6.45, 7) is 5.15. The monoisotopic (exact) mass is 317 g/mol. The molecule has 0 aliphatic heterocycles. The molecular formula is C16H23N5O2. The van der Waals surface area contributed by atoms with Crippen molar-refractivity contribution in [2.24, 2.45) is 0 Å². The summed E-state index contributed by atoms with van der Waals surface area (Å²) in [5.41, 5.74) is 2.85. The summed E-state index contributed by atoms with van der Waals surface area (Å²) in [7, 11) is 0. The molecule has 0 unspecified atom stereocenters. The first kappa shape index (κ1) is 15.7. The van der Waals surface area contributed by atoms with Gasteiger partial charge in [-0.05, 0) is 45.2 Å². The third kappa shape index (κ3) is 3.79. The summed E-state index contributed by atoms with van der Waals surface area (Å²) in [5, 5.41) is 20.4. The maximum absolute atomic E-state index is 10.5.